The van der Waals surface area contributed by atoms with Crippen LogP contribution in [0.2, 0.25) is 19.6 Å². The van der Waals surface area contributed by atoms with Gasteiger partial charge in [-0.15, -0.1) is 0 Å². The molecule has 19 heavy (non-hydrogen) atoms. The summed E-state index contributed by atoms with van der Waals surface area (Å²) in [5.41, 5.74) is 0.248. The van der Waals surface area contributed by atoms with Crippen molar-refractivity contribution in [3.05, 3.63) is 24.2 Å². The molecule has 1 saturated heterocycles. The van der Waals surface area contributed by atoms with Gasteiger partial charge in [0.2, 0.25) is 5.91 Å². The fraction of sp³-hybridized carbons (Fsp3) is 0.643. The van der Waals surface area contributed by atoms with Crippen LogP contribution in [0.15, 0.2) is 22.8 Å². The van der Waals surface area contributed by atoms with E-state index in [1.54, 1.807) is 6.26 Å². The lowest BCUT2D eigenvalue weighted by molar-refractivity contribution is -0.135. The molecule has 1 amide bonds. The third-order valence-electron chi connectivity index (χ3n) is 3.67. The minimum atomic E-state index is -1.49. The van der Waals surface area contributed by atoms with Gasteiger partial charge >= 0.3 is 0 Å². The van der Waals surface area contributed by atoms with Crippen molar-refractivity contribution < 1.29 is 13.9 Å². The monoisotopic (exact) mass is 281 g/mol. The van der Waals surface area contributed by atoms with E-state index in [-0.39, 0.29) is 11.4 Å². The number of furan rings is 1. The van der Waals surface area contributed by atoms with Crippen molar-refractivity contribution >= 4 is 14.0 Å². The summed E-state index contributed by atoms with van der Waals surface area (Å²) in [7, 11) is -1.49. The predicted molar refractivity (Wildman–Crippen MR) is 76.8 cm³/mol. The third kappa shape index (κ3) is 3.70. The standard InChI is InChI=1S/C14H23NO3Si/c1-19(2,3)13(12-5-4-8-18-12)11-14(16)15-6-9-17-10-7-15/h4-5,8,13H,6-7,9-11H2,1-3H3. The van der Waals surface area contributed by atoms with Gasteiger partial charge in [0.25, 0.3) is 0 Å². The molecule has 0 spiro atoms. The summed E-state index contributed by atoms with van der Waals surface area (Å²) >= 11 is 0. The molecule has 0 radical (unpaired) electrons. The summed E-state index contributed by atoms with van der Waals surface area (Å²) in [6.45, 7) is 9.60. The first-order valence-electron chi connectivity index (χ1n) is 6.87. The fourth-order valence-electron chi connectivity index (χ4n) is 2.44. The molecule has 106 valence electrons. The molecule has 1 unspecified atom stereocenters. The number of nitrogens with zero attached hydrogens (tertiary/aromatic N) is 1. The first-order chi connectivity index (χ1) is 8.98. The van der Waals surface area contributed by atoms with Gasteiger partial charge in [0.1, 0.15) is 5.76 Å². The summed E-state index contributed by atoms with van der Waals surface area (Å²) in [6.07, 6.45) is 2.25. The number of rotatable bonds is 4. The van der Waals surface area contributed by atoms with Gasteiger partial charge in [0.15, 0.2) is 0 Å². The van der Waals surface area contributed by atoms with Gasteiger partial charge in [-0.3, -0.25) is 4.79 Å². The SMILES string of the molecule is C[Si](C)(C)C(CC(=O)N1CCOCC1)c1ccco1. The molecule has 4 nitrogen and oxygen atoms in total. The maximum atomic E-state index is 12.4. The number of hydrogen-bond acceptors (Lipinski definition) is 3. The van der Waals surface area contributed by atoms with Gasteiger partial charge in [0, 0.05) is 25.1 Å². The lowest BCUT2D eigenvalue weighted by Crippen LogP contribution is -2.43. The Morgan fingerprint density at radius 3 is 2.58 bits per heavy atom. The Morgan fingerprint density at radius 1 is 1.37 bits per heavy atom. The molecule has 2 heterocycles. The highest BCUT2D eigenvalue weighted by molar-refractivity contribution is 6.77. The highest BCUT2D eigenvalue weighted by Crippen LogP contribution is 2.31. The molecule has 1 aliphatic heterocycles. The van der Waals surface area contributed by atoms with E-state index in [9.17, 15) is 4.79 Å². The molecule has 0 saturated carbocycles. The van der Waals surface area contributed by atoms with Crippen LogP contribution in [0, 0.1) is 0 Å². The number of carbonyl (C=O) groups excluding carboxylic acids is 1. The van der Waals surface area contributed by atoms with Crippen molar-refractivity contribution in [2.45, 2.75) is 31.6 Å². The summed E-state index contributed by atoms with van der Waals surface area (Å²) in [4.78, 5) is 14.3. The minimum Gasteiger partial charge on any atom is -0.469 e. The van der Waals surface area contributed by atoms with E-state index in [1.165, 1.54) is 0 Å². The van der Waals surface area contributed by atoms with E-state index in [1.807, 2.05) is 17.0 Å². The molecule has 0 aliphatic carbocycles. The molecule has 1 aromatic heterocycles. The Balaban J connectivity index is 2.06. The van der Waals surface area contributed by atoms with Gasteiger partial charge in [-0.1, -0.05) is 19.6 Å². The Bertz CT molecular complexity index is 405. The zero-order chi connectivity index (χ0) is 13.9. The van der Waals surface area contributed by atoms with Gasteiger partial charge < -0.3 is 14.1 Å². The van der Waals surface area contributed by atoms with Crippen molar-refractivity contribution in [2.75, 3.05) is 26.3 Å². The van der Waals surface area contributed by atoms with Crippen LogP contribution in [0.4, 0.5) is 0 Å². The molecule has 5 heteroatoms. The molecule has 1 fully saturated rings. The summed E-state index contributed by atoms with van der Waals surface area (Å²) < 4.78 is 10.8. The van der Waals surface area contributed by atoms with E-state index in [0.717, 1.165) is 18.8 Å². The Labute approximate surface area is 115 Å². The Kier molecular flexibility index (Phi) is 4.47. The van der Waals surface area contributed by atoms with E-state index in [4.69, 9.17) is 9.15 Å². The fourth-order valence-corrected chi connectivity index (χ4v) is 4.24. The maximum Gasteiger partial charge on any atom is 0.223 e. The van der Waals surface area contributed by atoms with Gasteiger partial charge in [-0.25, -0.2) is 0 Å². The van der Waals surface area contributed by atoms with Crippen LogP contribution in [-0.4, -0.2) is 45.2 Å². The van der Waals surface area contributed by atoms with Crippen molar-refractivity contribution in [1.29, 1.82) is 0 Å². The molecule has 0 bridgehead atoms. The summed E-state index contributed by atoms with van der Waals surface area (Å²) in [5, 5.41) is 0. The van der Waals surface area contributed by atoms with E-state index >= 15 is 0 Å². The maximum absolute atomic E-state index is 12.4. The van der Waals surface area contributed by atoms with Crippen LogP contribution in [0.1, 0.15) is 17.7 Å². The zero-order valence-electron chi connectivity index (χ0n) is 12.0. The number of hydrogen-bond donors (Lipinski definition) is 0. The lowest BCUT2D eigenvalue weighted by Gasteiger charge is -2.31. The Morgan fingerprint density at radius 2 is 2.05 bits per heavy atom. The molecule has 2 rings (SSSR count). The van der Waals surface area contributed by atoms with Crippen LogP contribution in [0.5, 0.6) is 0 Å². The highest BCUT2D eigenvalue weighted by atomic mass is 28.3. The first-order valence-corrected chi connectivity index (χ1v) is 10.4. The molecule has 1 aromatic rings. The number of morpholine rings is 1. The van der Waals surface area contributed by atoms with Crippen molar-refractivity contribution in [2.24, 2.45) is 0 Å². The van der Waals surface area contributed by atoms with Gasteiger partial charge in [-0.05, 0) is 12.1 Å². The number of ether oxygens (including phenoxy) is 1. The second-order valence-corrected chi connectivity index (χ2v) is 11.6. The Hall–Kier alpha value is -1.07. The lowest BCUT2D eigenvalue weighted by atomic mass is 10.2. The van der Waals surface area contributed by atoms with Crippen LogP contribution in [-0.2, 0) is 9.53 Å². The second kappa shape index (κ2) is 5.92. The second-order valence-electron chi connectivity index (χ2n) is 6.13. The molecular weight excluding hydrogens is 258 g/mol. The van der Waals surface area contributed by atoms with Crippen LogP contribution >= 0.6 is 0 Å². The average molecular weight is 281 g/mol. The van der Waals surface area contributed by atoms with Gasteiger partial charge in [-0.2, -0.15) is 0 Å². The average Bonchev–Trinajstić information content (AvgIpc) is 2.88. The molecular formula is C14H23NO3Si. The first kappa shape index (κ1) is 14.3. The van der Waals surface area contributed by atoms with Crippen molar-refractivity contribution in [1.82, 2.24) is 4.90 Å². The molecule has 0 N–H and O–H groups in total. The number of carbonyl (C=O) groups is 1. The smallest absolute Gasteiger partial charge is 0.223 e. The van der Waals surface area contributed by atoms with E-state index in [2.05, 4.69) is 19.6 Å². The molecule has 1 atom stereocenters. The van der Waals surface area contributed by atoms with Crippen LogP contribution < -0.4 is 0 Å². The summed E-state index contributed by atoms with van der Waals surface area (Å²) in [6, 6.07) is 3.90. The zero-order valence-corrected chi connectivity index (χ0v) is 13.0. The van der Waals surface area contributed by atoms with Crippen molar-refractivity contribution in [3.63, 3.8) is 0 Å². The van der Waals surface area contributed by atoms with Crippen LogP contribution in [0.25, 0.3) is 0 Å². The normalized spacial score (nSPS) is 18.4. The number of amides is 1. The third-order valence-corrected chi connectivity index (χ3v) is 6.25. The largest absolute Gasteiger partial charge is 0.469 e. The van der Waals surface area contributed by atoms with E-state index < -0.39 is 8.07 Å². The minimum absolute atomic E-state index is 0.229. The highest BCUT2D eigenvalue weighted by Gasteiger charge is 2.33. The molecule has 1 aliphatic rings. The van der Waals surface area contributed by atoms with Gasteiger partial charge in [0.05, 0.1) is 27.6 Å². The van der Waals surface area contributed by atoms with Crippen LogP contribution in [0.3, 0.4) is 0 Å². The predicted octanol–water partition coefficient (Wildman–Crippen LogP) is 2.49. The topological polar surface area (TPSA) is 42.7 Å². The van der Waals surface area contributed by atoms with E-state index in [0.29, 0.717) is 19.6 Å². The molecule has 0 aromatic carbocycles. The van der Waals surface area contributed by atoms with Crippen molar-refractivity contribution in [3.8, 4) is 0 Å². The quantitative estimate of drug-likeness (QED) is 0.796. The summed E-state index contributed by atoms with van der Waals surface area (Å²) in [5.74, 6) is 1.19.